The van der Waals surface area contributed by atoms with Crippen molar-refractivity contribution in [3.05, 3.63) is 53.6 Å². The second-order valence-electron chi connectivity index (χ2n) is 9.00. The molecule has 0 aliphatic heterocycles. The van der Waals surface area contributed by atoms with Gasteiger partial charge in [-0.2, -0.15) is 0 Å². The molecule has 0 spiro atoms. The first kappa shape index (κ1) is 16.1. The van der Waals surface area contributed by atoms with E-state index in [1.807, 2.05) is 24.3 Å². The predicted molar refractivity (Wildman–Crippen MR) is 103 cm³/mol. The van der Waals surface area contributed by atoms with Crippen LogP contribution in [0.1, 0.15) is 49.7 Å². The van der Waals surface area contributed by atoms with Crippen molar-refractivity contribution in [3.63, 3.8) is 0 Å². The first-order valence-corrected chi connectivity index (χ1v) is 10.0. The summed E-state index contributed by atoms with van der Waals surface area (Å²) < 4.78 is 0. The Morgan fingerprint density at radius 2 is 1.58 bits per heavy atom. The number of aldehydes is 1. The summed E-state index contributed by atoms with van der Waals surface area (Å²) in [6.45, 7) is 0. The third kappa shape index (κ3) is 2.58. The highest BCUT2D eigenvalue weighted by Crippen LogP contribution is 2.62. The molecule has 4 aliphatic rings. The van der Waals surface area contributed by atoms with Gasteiger partial charge in [0, 0.05) is 12.0 Å². The number of carbonyl (C=O) groups excluding carboxylic acids is 1. The molecule has 0 atom stereocenters. The summed E-state index contributed by atoms with van der Waals surface area (Å²) in [5.74, 6) is 3.06. The van der Waals surface area contributed by atoms with E-state index in [2.05, 4.69) is 18.2 Å². The summed E-state index contributed by atoms with van der Waals surface area (Å²) in [6.07, 6.45) is 9.39. The van der Waals surface area contributed by atoms with E-state index in [-0.39, 0.29) is 5.41 Å². The molecule has 2 nitrogen and oxygen atoms in total. The summed E-state index contributed by atoms with van der Waals surface area (Å²) in [4.78, 5) is 10.8. The lowest BCUT2D eigenvalue weighted by molar-refractivity contribution is -0.107. The highest BCUT2D eigenvalue weighted by Gasteiger charge is 2.52. The van der Waals surface area contributed by atoms with Crippen molar-refractivity contribution < 1.29 is 9.90 Å². The average Bonchev–Trinajstić information content (AvgIpc) is 2.61. The fraction of sp³-hybridized carbons (Fsp3) is 0.458. The van der Waals surface area contributed by atoms with Crippen LogP contribution in [0.5, 0.6) is 5.75 Å². The molecule has 6 rings (SSSR count). The molecular weight excluding hydrogens is 320 g/mol. The predicted octanol–water partition coefficient (Wildman–Crippen LogP) is 5.27. The van der Waals surface area contributed by atoms with Crippen molar-refractivity contribution in [2.75, 3.05) is 0 Å². The van der Waals surface area contributed by atoms with Crippen LogP contribution in [0.2, 0.25) is 0 Å². The molecule has 0 heterocycles. The lowest BCUT2D eigenvalue weighted by atomic mass is 9.48. The number of hydrogen-bond donors (Lipinski definition) is 1. The van der Waals surface area contributed by atoms with Gasteiger partial charge in [0.15, 0.2) is 0 Å². The van der Waals surface area contributed by atoms with Gasteiger partial charge in [0.1, 0.15) is 12.0 Å². The molecule has 4 saturated carbocycles. The molecule has 4 aliphatic carbocycles. The molecule has 1 N–H and O–H groups in total. The summed E-state index contributed by atoms with van der Waals surface area (Å²) in [5, 5.41) is 10.7. The van der Waals surface area contributed by atoms with Gasteiger partial charge in [-0.25, -0.2) is 0 Å². The second kappa shape index (κ2) is 5.97. The summed E-state index contributed by atoms with van der Waals surface area (Å²) >= 11 is 0. The molecule has 134 valence electrons. The second-order valence-corrected chi connectivity index (χ2v) is 9.00. The fourth-order valence-corrected chi connectivity index (χ4v) is 6.55. The van der Waals surface area contributed by atoms with Crippen LogP contribution in [0, 0.1) is 17.8 Å². The number of hydrogen-bond acceptors (Lipinski definition) is 2. The minimum absolute atomic E-state index is 0.190. The van der Waals surface area contributed by atoms with E-state index in [1.165, 1.54) is 44.1 Å². The minimum atomic E-state index is 0.190. The van der Waals surface area contributed by atoms with Crippen molar-refractivity contribution in [1.82, 2.24) is 0 Å². The number of benzene rings is 2. The molecule has 0 radical (unpaired) electrons. The highest BCUT2D eigenvalue weighted by molar-refractivity contribution is 5.68. The Labute approximate surface area is 155 Å². The summed E-state index contributed by atoms with van der Waals surface area (Å²) in [6, 6.07) is 14.4. The number of rotatable bonds is 4. The standard InChI is InChI=1S/C24H26O2/c25-7-6-16-2-1-3-20(11-16)21-4-5-23(26)22(12-21)24-13-17-8-18(14-24)10-19(9-17)15-24/h1-5,7,11-12,17-19,26H,6,8-10,13-15H2. The first-order chi connectivity index (χ1) is 12.6. The Hall–Kier alpha value is -2.09. The molecule has 2 aromatic carbocycles. The third-order valence-electron chi connectivity index (χ3n) is 7.19. The molecule has 2 aromatic rings. The van der Waals surface area contributed by atoms with Crippen LogP contribution < -0.4 is 0 Å². The Bertz CT molecular complexity index is 816. The zero-order valence-electron chi connectivity index (χ0n) is 15.2. The molecule has 4 bridgehead atoms. The smallest absolute Gasteiger partial charge is 0.124 e. The van der Waals surface area contributed by atoms with E-state index in [9.17, 15) is 9.90 Å². The van der Waals surface area contributed by atoms with E-state index in [1.54, 1.807) is 0 Å². The van der Waals surface area contributed by atoms with Gasteiger partial charge in [-0.3, -0.25) is 0 Å². The minimum Gasteiger partial charge on any atom is -0.508 e. The molecule has 4 fully saturated rings. The lowest BCUT2D eigenvalue weighted by Crippen LogP contribution is -2.48. The maximum absolute atomic E-state index is 10.8. The van der Waals surface area contributed by atoms with Crippen molar-refractivity contribution in [1.29, 1.82) is 0 Å². The van der Waals surface area contributed by atoms with Gasteiger partial charge >= 0.3 is 0 Å². The molecule has 0 amide bonds. The van der Waals surface area contributed by atoms with Crippen LogP contribution >= 0.6 is 0 Å². The van der Waals surface area contributed by atoms with E-state index < -0.39 is 0 Å². The van der Waals surface area contributed by atoms with Crippen molar-refractivity contribution in [3.8, 4) is 16.9 Å². The molecular formula is C24H26O2. The van der Waals surface area contributed by atoms with Gasteiger partial charge < -0.3 is 9.90 Å². The molecule has 0 unspecified atom stereocenters. The SMILES string of the molecule is O=CCc1cccc(-c2ccc(O)c(C34CC5CC(CC(C5)C3)C4)c2)c1. The number of aromatic hydroxyl groups is 1. The Morgan fingerprint density at radius 1 is 0.923 bits per heavy atom. The van der Waals surface area contributed by atoms with Crippen LogP contribution in [-0.4, -0.2) is 11.4 Å². The zero-order chi connectivity index (χ0) is 17.7. The van der Waals surface area contributed by atoms with Crippen molar-refractivity contribution in [2.45, 2.75) is 50.4 Å². The van der Waals surface area contributed by atoms with Gasteiger partial charge in [-0.15, -0.1) is 0 Å². The molecule has 0 aromatic heterocycles. The number of phenols is 1. The Morgan fingerprint density at radius 3 is 2.23 bits per heavy atom. The maximum Gasteiger partial charge on any atom is 0.124 e. The largest absolute Gasteiger partial charge is 0.508 e. The maximum atomic E-state index is 10.8. The van der Waals surface area contributed by atoms with Crippen LogP contribution in [0.25, 0.3) is 11.1 Å². The van der Waals surface area contributed by atoms with E-state index in [4.69, 9.17) is 0 Å². The lowest BCUT2D eigenvalue weighted by Gasteiger charge is -2.57. The van der Waals surface area contributed by atoms with Crippen molar-refractivity contribution in [2.24, 2.45) is 17.8 Å². The fourth-order valence-electron chi connectivity index (χ4n) is 6.55. The van der Waals surface area contributed by atoms with E-state index >= 15 is 0 Å². The topological polar surface area (TPSA) is 37.3 Å². The van der Waals surface area contributed by atoms with Gasteiger partial charge in [0.05, 0.1) is 0 Å². The van der Waals surface area contributed by atoms with Gasteiger partial charge in [0.2, 0.25) is 0 Å². The quantitative estimate of drug-likeness (QED) is 0.766. The number of phenolic OH excluding ortho intramolecular Hbond substituents is 1. The summed E-state index contributed by atoms with van der Waals surface area (Å²) in [7, 11) is 0. The third-order valence-corrected chi connectivity index (χ3v) is 7.19. The van der Waals surface area contributed by atoms with Crippen LogP contribution in [0.15, 0.2) is 42.5 Å². The Kier molecular flexibility index (Phi) is 3.70. The monoisotopic (exact) mass is 346 g/mol. The molecule has 0 saturated heterocycles. The highest BCUT2D eigenvalue weighted by atomic mass is 16.3. The van der Waals surface area contributed by atoms with Gasteiger partial charge in [-0.1, -0.05) is 30.3 Å². The van der Waals surface area contributed by atoms with Crippen LogP contribution in [-0.2, 0) is 16.6 Å². The number of carbonyl (C=O) groups is 1. The van der Waals surface area contributed by atoms with E-state index in [0.717, 1.165) is 40.7 Å². The van der Waals surface area contributed by atoms with Crippen LogP contribution in [0.3, 0.4) is 0 Å². The Balaban J connectivity index is 1.56. The normalized spacial score (nSPS) is 31.9. The van der Waals surface area contributed by atoms with E-state index in [0.29, 0.717) is 12.2 Å². The van der Waals surface area contributed by atoms with Crippen molar-refractivity contribution >= 4 is 6.29 Å². The first-order valence-electron chi connectivity index (χ1n) is 10.0. The average molecular weight is 346 g/mol. The van der Waals surface area contributed by atoms with Gasteiger partial charge in [-0.05, 0) is 90.5 Å². The zero-order valence-corrected chi connectivity index (χ0v) is 15.2. The molecule has 26 heavy (non-hydrogen) atoms. The van der Waals surface area contributed by atoms with Crippen LogP contribution in [0.4, 0.5) is 0 Å². The molecule has 2 heteroatoms. The summed E-state index contributed by atoms with van der Waals surface area (Å²) in [5.41, 5.74) is 4.70. The van der Waals surface area contributed by atoms with Gasteiger partial charge in [0.25, 0.3) is 0 Å².